The summed E-state index contributed by atoms with van der Waals surface area (Å²) >= 11 is 0. The zero-order valence-corrected chi connectivity index (χ0v) is 11.5. The largest absolute Gasteiger partial charge is 0.375 e. The van der Waals surface area contributed by atoms with Gasteiger partial charge in [0.2, 0.25) is 0 Å². The highest BCUT2D eigenvalue weighted by molar-refractivity contribution is 5.53. The van der Waals surface area contributed by atoms with E-state index in [1.54, 1.807) is 4.68 Å². The lowest BCUT2D eigenvalue weighted by Crippen LogP contribution is -2.10. The normalized spacial score (nSPS) is 12.5. The monoisotopic (exact) mass is 265 g/mol. The fourth-order valence-corrected chi connectivity index (χ4v) is 2.13. The summed E-state index contributed by atoms with van der Waals surface area (Å²) in [6.45, 7) is 5.67. The van der Waals surface area contributed by atoms with Gasteiger partial charge in [0.1, 0.15) is 11.6 Å². The molecule has 3 nitrogen and oxygen atoms in total. The standard InChI is InChI=1S/C14H17F2N3/c1-8(12-6-5-11(15)7-13(12)16)17-14-9(2)18-19(4)10(14)3/h5-8,17H,1-4H3. The number of hydrogen-bond acceptors (Lipinski definition) is 2. The molecule has 1 N–H and O–H groups in total. The summed E-state index contributed by atoms with van der Waals surface area (Å²) in [5.41, 5.74) is 3.16. The lowest BCUT2D eigenvalue weighted by Gasteiger charge is -2.16. The van der Waals surface area contributed by atoms with E-state index in [4.69, 9.17) is 0 Å². The van der Waals surface area contributed by atoms with Crippen LogP contribution in [-0.4, -0.2) is 9.78 Å². The van der Waals surface area contributed by atoms with Gasteiger partial charge in [-0.3, -0.25) is 4.68 Å². The number of aromatic nitrogens is 2. The van der Waals surface area contributed by atoms with Crippen LogP contribution in [0, 0.1) is 25.5 Å². The van der Waals surface area contributed by atoms with Gasteiger partial charge < -0.3 is 5.32 Å². The van der Waals surface area contributed by atoms with Gasteiger partial charge in [0, 0.05) is 18.7 Å². The SMILES string of the molecule is Cc1nn(C)c(C)c1NC(C)c1ccc(F)cc1F. The van der Waals surface area contributed by atoms with Gasteiger partial charge in [0.25, 0.3) is 0 Å². The molecule has 2 aromatic rings. The molecule has 0 bridgehead atoms. The van der Waals surface area contributed by atoms with Crippen LogP contribution >= 0.6 is 0 Å². The Labute approximate surface area is 111 Å². The minimum absolute atomic E-state index is 0.262. The van der Waals surface area contributed by atoms with Crippen molar-refractivity contribution in [3.63, 3.8) is 0 Å². The molecular weight excluding hydrogens is 248 g/mol. The second-order valence-electron chi connectivity index (χ2n) is 4.70. The number of anilines is 1. The first-order valence-corrected chi connectivity index (χ1v) is 6.12. The zero-order valence-electron chi connectivity index (χ0n) is 11.5. The summed E-state index contributed by atoms with van der Waals surface area (Å²) in [4.78, 5) is 0. The second-order valence-corrected chi connectivity index (χ2v) is 4.70. The van der Waals surface area contributed by atoms with Crippen molar-refractivity contribution >= 4 is 5.69 Å². The molecule has 1 atom stereocenters. The summed E-state index contributed by atoms with van der Waals surface area (Å²) in [6.07, 6.45) is 0. The molecule has 0 aliphatic rings. The van der Waals surface area contributed by atoms with E-state index in [1.165, 1.54) is 12.1 Å². The molecule has 19 heavy (non-hydrogen) atoms. The van der Waals surface area contributed by atoms with Crippen molar-refractivity contribution in [2.75, 3.05) is 5.32 Å². The number of halogens is 2. The first-order chi connectivity index (χ1) is 8.90. The first kappa shape index (κ1) is 13.5. The van der Waals surface area contributed by atoms with Crippen molar-refractivity contribution in [2.45, 2.75) is 26.8 Å². The van der Waals surface area contributed by atoms with E-state index in [2.05, 4.69) is 10.4 Å². The third-order valence-electron chi connectivity index (χ3n) is 3.30. The fraction of sp³-hybridized carbons (Fsp3) is 0.357. The summed E-state index contributed by atoms with van der Waals surface area (Å²) < 4.78 is 28.4. The predicted molar refractivity (Wildman–Crippen MR) is 71.1 cm³/mol. The topological polar surface area (TPSA) is 29.9 Å². The van der Waals surface area contributed by atoms with Crippen molar-refractivity contribution in [1.29, 1.82) is 0 Å². The van der Waals surface area contributed by atoms with E-state index in [9.17, 15) is 8.78 Å². The van der Waals surface area contributed by atoms with E-state index in [0.29, 0.717) is 5.56 Å². The van der Waals surface area contributed by atoms with E-state index in [0.717, 1.165) is 23.1 Å². The Morgan fingerprint density at radius 2 is 1.95 bits per heavy atom. The molecule has 0 spiro atoms. The van der Waals surface area contributed by atoms with Crippen molar-refractivity contribution < 1.29 is 8.78 Å². The first-order valence-electron chi connectivity index (χ1n) is 6.12. The Kier molecular flexibility index (Phi) is 3.55. The van der Waals surface area contributed by atoms with Crippen LogP contribution in [0.4, 0.5) is 14.5 Å². The number of benzene rings is 1. The molecule has 0 amide bonds. The number of rotatable bonds is 3. The van der Waals surface area contributed by atoms with Gasteiger partial charge in [-0.2, -0.15) is 5.10 Å². The summed E-state index contributed by atoms with van der Waals surface area (Å²) in [5.74, 6) is -1.11. The molecule has 1 aromatic heterocycles. The van der Waals surface area contributed by atoms with Crippen molar-refractivity contribution in [2.24, 2.45) is 7.05 Å². The van der Waals surface area contributed by atoms with E-state index in [-0.39, 0.29) is 6.04 Å². The quantitative estimate of drug-likeness (QED) is 0.920. The Hall–Kier alpha value is -1.91. The fourth-order valence-electron chi connectivity index (χ4n) is 2.13. The number of aryl methyl sites for hydroxylation is 2. The van der Waals surface area contributed by atoms with Gasteiger partial charge in [-0.15, -0.1) is 0 Å². The van der Waals surface area contributed by atoms with Crippen LogP contribution in [0.2, 0.25) is 0 Å². The zero-order chi connectivity index (χ0) is 14.2. The lowest BCUT2D eigenvalue weighted by atomic mass is 10.1. The van der Waals surface area contributed by atoms with Gasteiger partial charge in [-0.1, -0.05) is 6.07 Å². The van der Waals surface area contributed by atoms with Crippen LogP contribution in [-0.2, 0) is 7.05 Å². The molecule has 0 fully saturated rings. The molecule has 1 heterocycles. The average Bonchev–Trinajstić information content (AvgIpc) is 2.56. The number of hydrogen-bond donors (Lipinski definition) is 1. The van der Waals surface area contributed by atoms with Crippen LogP contribution in [0.1, 0.15) is 29.9 Å². The minimum atomic E-state index is -0.567. The van der Waals surface area contributed by atoms with E-state index in [1.807, 2.05) is 27.8 Å². The van der Waals surface area contributed by atoms with Crippen molar-refractivity contribution in [3.05, 3.63) is 46.8 Å². The maximum Gasteiger partial charge on any atom is 0.131 e. The van der Waals surface area contributed by atoms with Crippen LogP contribution in [0.25, 0.3) is 0 Å². The minimum Gasteiger partial charge on any atom is -0.375 e. The van der Waals surface area contributed by atoms with Gasteiger partial charge in [0.15, 0.2) is 0 Å². The Balaban J connectivity index is 2.28. The third-order valence-corrected chi connectivity index (χ3v) is 3.30. The van der Waals surface area contributed by atoms with Gasteiger partial charge in [-0.05, 0) is 26.8 Å². The molecular formula is C14H17F2N3. The molecule has 102 valence electrons. The van der Waals surface area contributed by atoms with E-state index < -0.39 is 11.6 Å². The van der Waals surface area contributed by atoms with Gasteiger partial charge >= 0.3 is 0 Å². The van der Waals surface area contributed by atoms with Crippen molar-refractivity contribution in [3.8, 4) is 0 Å². The summed E-state index contributed by atoms with van der Waals surface area (Å²) in [6, 6.07) is 3.36. The van der Waals surface area contributed by atoms with Crippen LogP contribution in [0.15, 0.2) is 18.2 Å². The number of nitrogens with one attached hydrogen (secondary N) is 1. The highest BCUT2D eigenvalue weighted by atomic mass is 19.1. The molecule has 0 saturated heterocycles. The molecule has 0 radical (unpaired) electrons. The summed E-state index contributed by atoms with van der Waals surface area (Å²) in [7, 11) is 1.86. The highest BCUT2D eigenvalue weighted by Crippen LogP contribution is 2.26. The molecule has 5 heteroatoms. The Morgan fingerprint density at radius 3 is 2.47 bits per heavy atom. The Morgan fingerprint density at radius 1 is 1.26 bits per heavy atom. The van der Waals surface area contributed by atoms with Gasteiger partial charge in [0.05, 0.1) is 23.1 Å². The summed E-state index contributed by atoms with van der Waals surface area (Å²) in [5, 5.41) is 7.52. The highest BCUT2D eigenvalue weighted by Gasteiger charge is 2.16. The Bertz CT molecular complexity index is 605. The molecule has 0 aliphatic carbocycles. The number of nitrogens with zero attached hydrogens (tertiary/aromatic N) is 2. The molecule has 0 saturated carbocycles. The predicted octanol–water partition coefficient (Wildman–Crippen LogP) is 3.49. The maximum atomic E-state index is 13.7. The second kappa shape index (κ2) is 4.99. The van der Waals surface area contributed by atoms with Crippen LogP contribution in [0.5, 0.6) is 0 Å². The van der Waals surface area contributed by atoms with Crippen LogP contribution < -0.4 is 5.32 Å². The van der Waals surface area contributed by atoms with E-state index >= 15 is 0 Å². The van der Waals surface area contributed by atoms with Crippen LogP contribution in [0.3, 0.4) is 0 Å². The lowest BCUT2D eigenvalue weighted by molar-refractivity contribution is 0.566. The molecule has 1 unspecified atom stereocenters. The molecule has 2 rings (SSSR count). The smallest absolute Gasteiger partial charge is 0.131 e. The van der Waals surface area contributed by atoms with Gasteiger partial charge in [-0.25, -0.2) is 8.78 Å². The third kappa shape index (κ3) is 2.59. The molecule has 1 aromatic carbocycles. The van der Waals surface area contributed by atoms with Crippen molar-refractivity contribution in [1.82, 2.24) is 9.78 Å². The average molecular weight is 265 g/mol. The molecule has 0 aliphatic heterocycles. The maximum absolute atomic E-state index is 13.7.